The van der Waals surface area contributed by atoms with E-state index in [4.69, 9.17) is 5.11 Å². The van der Waals surface area contributed by atoms with Crippen LogP contribution >= 0.6 is 0 Å². The Balaban J connectivity index is 3.36. The minimum Gasteiger partial charge on any atom is -0.481 e. The first-order valence-electron chi connectivity index (χ1n) is 7.36. The van der Waals surface area contributed by atoms with E-state index in [-0.39, 0.29) is 6.42 Å². The first-order chi connectivity index (χ1) is 9.16. The maximum absolute atomic E-state index is 10.3. The van der Waals surface area contributed by atoms with Crippen molar-refractivity contribution in [3.8, 4) is 0 Å². The Kier molecular flexibility index (Phi) is 12.6. The highest BCUT2D eigenvalue weighted by Crippen LogP contribution is 2.06. The number of allylic oxidation sites excluding steroid dienone is 4. The molecule has 0 heterocycles. The maximum atomic E-state index is 10.3. The fraction of sp³-hybridized carbons (Fsp3) is 0.688. The Morgan fingerprint density at radius 3 is 2.26 bits per heavy atom. The first-order valence-corrected chi connectivity index (χ1v) is 7.36. The molecule has 0 saturated heterocycles. The molecule has 0 amide bonds. The van der Waals surface area contributed by atoms with Gasteiger partial charge in [0.05, 0.1) is 12.5 Å². The Morgan fingerprint density at radius 1 is 1.05 bits per heavy atom. The second kappa shape index (κ2) is 13.3. The van der Waals surface area contributed by atoms with E-state index in [1.54, 1.807) is 0 Å². The first kappa shape index (κ1) is 17.9. The summed E-state index contributed by atoms with van der Waals surface area (Å²) in [4.78, 5) is 10.3. The second-order valence-electron chi connectivity index (χ2n) is 4.86. The van der Waals surface area contributed by atoms with Crippen LogP contribution in [-0.2, 0) is 4.79 Å². The van der Waals surface area contributed by atoms with E-state index >= 15 is 0 Å². The largest absolute Gasteiger partial charge is 0.481 e. The van der Waals surface area contributed by atoms with Gasteiger partial charge in [0.25, 0.3) is 0 Å². The fourth-order valence-electron chi connectivity index (χ4n) is 1.79. The van der Waals surface area contributed by atoms with Crippen molar-refractivity contribution in [3.05, 3.63) is 24.3 Å². The summed E-state index contributed by atoms with van der Waals surface area (Å²) in [6, 6.07) is 0. The molecule has 1 atom stereocenters. The molecule has 2 N–H and O–H groups in total. The van der Waals surface area contributed by atoms with Gasteiger partial charge in [-0.1, -0.05) is 44.1 Å². The molecule has 0 spiro atoms. The van der Waals surface area contributed by atoms with Gasteiger partial charge in [0.15, 0.2) is 0 Å². The highest BCUT2D eigenvalue weighted by Gasteiger charge is 2.07. The third-order valence-electron chi connectivity index (χ3n) is 2.90. The minimum atomic E-state index is -0.934. The van der Waals surface area contributed by atoms with Crippen molar-refractivity contribution in [3.63, 3.8) is 0 Å². The molecule has 110 valence electrons. The molecule has 0 bridgehead atoms. The highest BCUT2D eigenvalue weighted by molar-refractivity contribution is 5.67. The number of carbonyl (C=O) groups is 1. The lowest BCUT2D eigenvalue weighted by molar-refractivity contribution is -0.139. The maximum Gasteiger partial charge on any atom is 0.305 e. The van der Waals surface area contributed by atoms with Gasteiger partial charge < -0.3 is 10.2 Å². The molecule has 19 heavy (non-hydrogen) atoms. The quantitative estimate of drug-likeness (QED) is 0.414. The van der Waals surface area contributed by atoms with Gasteiger partial charge in [-0.3, -0.25) is 4.79 Å². The Morgan fingerprint density at radius 2 is 1.68 bits per heavy atom. The summed E-state index contributed by atoms with van der Waals surface area (Å²) in [5, 5.41) is 17.8. The van der Waals surface area contributed by atoms with Gasteiger partial charge in [-0.05, 0) is 38.5 Å². The third-order valence-corrected chi connectivity index (χ3v) is 2.90. The normalized spacial score (nSPS) is 13.4. The van der Waals surface area contributed by atoms with Crippen molar-refractivity contribution in [2.75, 3.05) is 0 Å². The van der Waals surface area contributed by atoms with E-state index in [1.807, 2.05) is 0 Å². The second-order valence-corrected chi connectivity index (χ2v) is 4.86. The molecule has 0 aliphatic heterocycles. The predicted molar refractivity (Wildman–Crippen MR) is 79.1 cm³/mol. The summed E-state index contributed by atoms with van der Waals surface area (Å²) >= 11 is 0. The Hall–Kier alpha value is -1.09. The number of carboxylic acid groups (broad SMARTS) is 1. The SMILES string of the molecule is CCCCC/C=C\C/C=C\CCC[C@@H](O)CC(=O)O. The fourth-order valence-corrected chi connectivity index (χ4v) is 1.79. The molecule has 3 nitrogen and oxygen atoms in total. The van der Waals surface area contributed by atoms with Crippen LogP contribution in [0.1, 0.15) is 64.7 Å². The van der Waals surface area contributed by atoms with Gasteiger partial charge in [-0.2, -0.15) is 0 Å². The van der Waals surface area contributed by atoms with Crippen LogP contribution in [0.25, 0.3) is 0 Å². The molecule has 0 fully saturated rings. The van der Waals surface area contributed by atoms with Gasteiger partial charge in [-0.15, -0.1) is 0 Å². The van der Waals surface area contributed by atoms with Gasteiger partial charge in [-0.25, -0.2) is 0 Å². The molecule has 0 saturated carbocycles. The zero-order chi connectivity index (χ0) is 14.3. The van der Waals surface area contributed by atoms with Crippen molar-refractivity contribution in [2.45, 2.75) is 70.8 Å². The number of aliphatic hydroxyl groups is 1. The highest BCUT2D eigenvalue weighted by atomic mass is 16.4. The van der Waals surface area contributed by atoms with Crippen molar-refractivity contribution in [1.29, 1.82) is 0 Å². The lowest BCUT2D eigenvalue weighted by Gasteiger charge is -2.05. The smallest absolute Gasteiger partial charge is 0.305 e. The molecule has 0 aromatic rings. The van der Waals surface area contributed by atoms with Crippen LogP contribution in [0.15, 0.2) is 24.3 Å². The van der Waals surface area contributed by atoms with Crippen molar-refractivity contribution < 1.29 is 15.0 Å². The van der Waals surface area contributed by atoms with Gasteiger partial charge in [0.1, 0.15) is 0 Å². The van der Waals surface area contributed by atoms with Crippen molar-refractivity contribution in [2.24, 2.45) is 0 Å². The average Bonchev–Trinajstić information content (AvgIpc) is 2.35. The summed E-state index contributed by atoms with van der Waals surface area (Å²) in [5.74, 6) is -0.934. The summed E-state index contributed by atoms with van der Waals surface area (Å²) in [6.45, 7) is 2.21. The number of hydrogen-bond donors (Lipinski definition) is 2. The molecule has 0 aliphatic rings. The summed E-state index contributed by atoms with van der Waals surface area (Å²) in [6.07, 6.45) is 16.1. The third kappa shape index (κ3) is 14.9. The number of unbranched alkanes of at least 4 members (excludes halogenated alkanes) is 4. The van der Waals surface area contributed by atoms with Crippen LogP contribution in [0, 0.1) is 0 Å². The van der Waals surface area contributed by atoms with E-state index in [1.165, 1.54) is 25.7 Å². The average molecular weight is 268 g/mol. The van der Waals surface area contributed by atoms with E-state index < -0.39 is 12.1 Å². The summed E-state index contributed by atoms with van der Waals surface area (Å²) < 4.78 is 0. The Bertz CT molecular complexity index is 269. The van der Waals surface area contributed by atoms with Crippen LogP contribution in [0.2, 0.25) is 0 Å². The molecular formula is C16H28O3. The predicted octanol–water partition coefficient (Wildman–Crippen LogP) is 4.08. The van der Waals surface area contributed by atoms with Crippen LogP contribution in [0.3, 0.4) is 0 Å². The molecular weight excluding hydrogens is 240 g/mol. The standard InChI is InChI=1S/C16H28O3/c1-2-3-4-5-6-7-8-9-10-11-12-13-15(17)14-16(18)19/h6-7,9-10,15,17H,2-5,8,11-14H2,1H3,(H,18,19)/b7-6-,10-9-/t15-/m1/s1. The number of aliphatic hydroxyl groups excluding tert-OH is 1. The van der Waals surface area contributed by atoms with Gasteiger partial charge >= 0.3 is 5.97 Å². The van der Waals surface area contributed by atoms with E-state index in [0.29, 0.717) is 6.42 Å². The number of hydrogen-bond acceptors (Lipinski definition) is 2. The summed E-state index contributed by atoms with van der Waals surface area (Å²) in [7, 11) is 0. The molecule has 0 unspecified atom stereocenters. The lowest BCUT2D eigenvalue weighted by Crippen LogP contribution is -2.12. The Labute approximate surface area is 117 Å². The molecule has 0 aromatic carbocycles. The van der Waals surface area contributed by atoms with Crippen molar-refractivity contribution >= 4 is 5.97 Å². The van der Waals surface area contributed by atoms with Crippen LogP contribution in [0.5, 0.6) is 0 Å². The summed E-state index contributed by atoms with van der Waals surface area (Å²) in [5.41, 5.74) is 0. The van der Waals surface area contributed by atoms with E-state index in [9.17, 15) is 9.90 Å². The topological polar surface area (TPSA) is 57.5 Å². The van der Waals surface area contributed by atoms with Crippen molar-refractivity contribution in [1.82, 2.24) is 0 Å². The molecule has 0 radical (unpaired) electrons. The van der Waals surface area contributed by atoms with E-state index in [2.05, 4.69) is 31.2 Å². The van der Waals surface area contributed by atoms with Gasteiger partial charge in [0.2, 0.25) is 0 Å². The zero-order valence-electron chi connectivity index (χ0n) is 12.1. The van der Waals surface area contributed by atoms with Crippen LogP contribution < -0.4 is 0 Å². The lowest BCUT2D eigenvalue weighted by atomic mass is 10.1. The van der Waals surface area contributed by atoms with E-state index in [0.717, 1.165) is 19.3 Å². The molecule has 3 heteroatoms. The zero-order valence-corrected chi connectivity index (χ0v) is 12.1. The monoisotopic (exact) mass is 268 g/mol. The van der Waals surface area contributed by atoms with Gasteiger partial charge in [0, 0.05) is 0 Å². The van der Waals surface area contributed by atoms with Crippen LogP contribution in [0.4, 0.5) is 0 Å². The number of rotatable bonds is 12. The number of carboxylic acids is 1. The molecule has 0 aliphatic carbocycles. The number of aliphatic carboxylic acids is 1. The minimum absolute atomic E-state index is 0.149. The molecule has 0 rings (SSSR count). The van der Waals surface area contributed by atoms with Crippen LogP contribution in [-0.4, -0.2) is 22.3 Å². The molecule has 0 aromatic heterocycles.